The summed E-state index contributed by atoms with van der Waals surface area (Å²) < 4.78 is 38.2. The maximum atomic E-state index is 14.1. The van der Waals surface area contributed by atoms with Crippen molar-refractivity contribution in [3.05, 3.63) is 51.1 Å². The number of rotatable bonds is 5. The SMILES string of the molecule is O=C(O)c1cc(-c2ccc(F)cc2F)cc(I)c1O[C@@H]1OC(CO)[C@H](O)[C@H](O)C1O. The Hall–Kier alpha value is -1.90. The summed E-state index contributed by atoms with van der Waals surface area (Å²) in [4.78, 5) is 11.8. The van der Waals surface area contributed by atoms with Crippen LogP contribution in [0.5, 0.6) is 5.75 Å². The van der Waals surface area contributed by atoms with Crippen LogP contribution >= 0.6 is 22.6 Å². The fraction of sp³-hybridized carbons (Fsp3) is 0.316. The topological polar surface area (TPSA) is 137 Å². The van der Waals surface area contributed by atoms with Gasteiger partial charge in [0.25, 0.3) is 0 Å². The van der Waals surface area contributed by atoms with Crippen molar-refractivity contribution in [3.8, 4) is 16.9 Å². The van der Waals surface area contributed by atoms with Crippen LogP contribution in [-0.4, -0.2) is 68.8 Å². The number of hydrogen-bond donors (Lipinski definition) is 5. The minimum Gasteiger partial charge on any atom is -0.478 e. The summed E-state index contributed by atoms with van der Waals surface area (Å²) in [6, 6.07) is 5.37. The molecule has 3 rings (SSSR count). The maximum absolute atomic E-state index is 14.1. The van der Waals surface area contributed by atoms with E-state index >= 15 is 0 Å². The average Bonchev–Trinajstić information content (AvgIpc) is 2.69. The van der Waals surface area contributed by atoms with Crippen LogP contribution in [0, 0.1) is 15.2 Å². The highest BCUT2D eigenvalue weighted by Gasteiger charge is 2.45. The average molecular weight is 538 g/mol. The van der Waals surface area contributed by atoms with E-state index in [1.807, 2.05) is 0 Å². The van der Waals surface area contributed by atoms with Crippen molar-refractivity contribution in [1.29, 1.82) is 0 Å². The summed E-state index contributed by atoms with van der Waals surface area (Å²) >= 11 is 1.73. The zero-order valence-corrected chi connectivity index (χ0v) is 17.2. The van der Waals surface area contributed by atoms with E-state index in [1.165, 1.54) is 12.1 Å². The summed E-state index contributed by atoms with van der Waals surface area (Å²) in [5.41, 5.74) is -0.288. The van der Waals surface area contributed by atoms with Gasteiger partial charge in [-0.25, -0.2) is 13.6 Å². The molecule has 11 heteroatoms. The summed E-state index contributed by atoms with van der Waals surface area (Å²) in [5.74, 6) is -3.34. The fourth-order valence-electron chi connectivity index (χ4n) is 3.03. The minimum absolute atomic E-state index is 0.0313. The van der Waals surface area contributed by atoms with Gasteiger partial charge in [-0.05, 0) is 52.4 Å². The summed E-state index contributed by atoms with van der Waals surface area (Å²) in [5, 5.41) is 48.7. The first-order valence-electron chi connectivity index (χ1n) is 8.63. The summed E-state index contributed by atoms with van der Waals surface area (Å²) in [6.45, 7) is -0.684. The summed E-state index contributed by atoms with van der Waals surface area (Å²) in [6.07, 6.45) is -7.90. The van der Waals surface area contributed by atoms with Crippen molar-refractivity contribution in [2.45, 2.75) is 30.7 Å². The molecule has 1 heterocycles. The van der Waals surface area contributed by atoms with E-state index in [-0.39, 0.29) is 20.4 Å². The Morgan fingerprint density at radius 2 is 1.80 bits per heavy atom. The predicted molar refractivity (Wildman–Crippen MR) is 106 cm³/mol. The van der Waals surface area contributed by atoms with E-state index < -0.39 is 60.5 Å². The van der Waals surface area contributed by atoms with Gasteiger partial charge in [-0.3, -0.25) is 0 Å². The largest absolute Gasteiger partial charge is 0.478 e. The predicted octanol–water partition coefficient (Wildman–Crippen LogP) is 1.11. The standard InChI is InChI=1S/C19H17F2IO8/c20-8-1-2-9(11(21)5-8)7-3-10(18(27)28)17(12(22)4-7)30-19-16(26)15(25)14(24)13(6-23)29-19/h1-5,13-16,19,23-26H,6H2,(H,27,28)/t13?,14-,15-,16?,19-/m0/s1. The molecule has 1 aliphatic heterocycles. The number of carboxylic acids is 1. The molecule has 1 fully saturated rings. The number of halogens is 3. The molecule has 162 valence electrons. The number of carbonyl (C=O) groups is 1. The molecule has 5 atom stereocenters. The van der Waals surface area contributed by atoms with E-state index in [1.54, 1.807) is 22.6 Å². The quantitative estimate of drug-likeness (QED) is 0.358. The monoisotopic (exact) mass is 538 g/mol. The van der Waals surface area contributed by atoms with Gasteiger partial charge in [0.2, 0.25) is 6.29 Å². The van der Waals surface area contributed by atoms with E-state index in [0.717, 1.165) is 12.1 Å². The second-order valence-corrected chi connectivity index (χ2v) is 7.74. The first kappa shape index (κ1) is 22.8. The van der Waals surface area contributed by atoms with Crippen molar-refractivity contribution in [2.75, 3.05) is 6.61 Å². The molecule has 1 aliphatic rings. The lowest BCUT2D eigenvalue weighted by Gasteiger charge is -2.39. The van der Waals surface area contributed by atoms with Gasteiger partial charge < -0.3 is 35.0 Å². The Morgan fingerprint density at radius 3 is 2.40 bits per heavy atom. The molecule has 0 radical (unpaired) electrons. The van der Waals surface area contributed by atoms with Crippen molar-refractivity contribution in [2.24, 2.45) is 0 Å². The molecule has 30 heavy (non-hydrogen) atoms. The van der Waals surface area contributed by atoms with E-state index in [9.17, 15) is 39.1 Å². The molecule has 0 saturated carbocycles. The molecule has 8 nitrogen and oxygen atoms in total. The third-order valence-electron chi connectivity index (χ3n) is 4.60. The van der Waals surface area contributed by atoms with Gasteiger partial charge in [-0.15, -0.1) is 0 Å². The molecular formula is C19H17F2IO8. The second kappa shape index (κ2) is 9.08. The highest BCUT2D eigenvalue weighted by molar-refractivity contribution is 14.1. The van der Waals surface area contributed by atoms with Crippen LogP contribution in [0.2, 0.25) is 0 Å². The zero-order chi connectivity index (χ0) is 22.2. The first-order chi connectivity index (χ1) is 14.1. The number of hydrogen-bond acceptors (Lipinski definition) is 7. The lowest BCUT2D eigenvalue weighted by atomic mass is 9.99. The third kappa shape index (κ3) is 4.40. The van der Waals surface area contributed by atoms with Crippen molar-refractivity contribution in [3.63, 3.8) is 0 Å². The van der Waals surface area contributed by atoms with Gasteiger partial charge in [-0.2, -0.15) is 0 Å². The van der Waals surface area contributed by atoms with Gasteiger partial charge in [0.15, 0.2) is 5.75 Å². The maximum Gasteiger partial charge on any atom is 0.339 e. The van der Waals surface area contributed by atoms with E-state index in [2.05, 4.69) is 0 Å². The molecule has 2 aromatic carbocycles. The first-order valence-corrected chi connectivity index (χ1v) is 9.71. The Balaban J connectivity index is 2.00. The second-order valence-electron chi connectivity index (χ2n) is 6.58. The number of benzene rings is 2. The molecule has 0 bridgehead atoms. The van der Waals surface area contributed by atoms with Gasteiger partial charge in [0.05, 0.1) is 10.2 Å². The van der Waals surface area contributed by atoms with Crippen molar-refractivity contribution < 1.29 is 48.6 Å². The van der Waals surface area contributed by atoms with Gasteiger partial charge in [0, 0.05) is 11.6 Å². The number of carboxylic acid groups (broad SMARTS) is 1. The van der Waals surface area contributed by atoms with Gasteiger partial charge >= 0.3 is 5.97 Å². The third-order valence-corrected chi connectivity index (χ3v) is 5.40. The van der Waals surface area contributed by atoms with Gasteiger partial charge in [0.1, 0.15) is 41.6 Å². The van der Waals surface area contributed by atoms with Crippen LogP contribution in [0.3, 0.4) is 0 Å². The lowest BCUT2D eigenvalue weighted by Crippen LogP contribution is -2.60. The highest BCUT2D eigenvalue weighted by Crippen LogP contribution is 2.35. The van der Waals surface area contributed by atoms with Crippen molar-refractivity contribution in [1.82, 2.24) is 0 Å². The fourth-order valence-corrected chi connectivity index (χ4v) is 3.79. The van der Waals surface area contributed by atoms with Crippen molar-refractivity contribution >= 4 is 28.6 Å². The Kier molecular flexibility index (Phi) is 6.89. The van der Waals surface area contributed by atoms with Crippen LogP contribution < -0.4 is 4.74 Å². The molecule has 2 unspecified atom stereocenters. The van der Waals surface area contributed by atoms with E-state index in [4.69, 9.17) is 9.47 Å². The normalized spacial score (nSPS) is 26.4. The zero-order valence-electron chi connectivity index (χ0n) is 15.1. The van der Waals surface area contributed by atoms with Crippen LogP contribution in [0.25, 0.3) is 11.1 Å². The van der Waals surface area contributed by atoms with Crippen LogP contribution in [0.4, 0.5) is 8.78 Å². The summed E-state index contributed by atoms with van der Waals surface area (Å²) in [7, 11) is 0. The molecule has 0 amide bonds. The van der Waals surface area contributed by atoms with E-state index in [0.29, 0.717) is 6.07 Å². The van der Waals surface area contributed by atoms with Crippen LogP contribution in [0.15, 0.2) is 30.3 Å². The highest BCUT2D eigenvalue weighted by atomic mass is 127. The molecule has 5 N–H and O–H groups in total. The molecule has 0 spiro atoms. The molecule has 2 aromatic rings. The molecule has 0 aromatic heterocycles. The number of aromatic carboxylic acids is 1. The smallest absolute Gasteiger partial charge is 0.339 e. The van der Waals surface area contributed by atoms with Crippen LogP contribution in [-0.2, 0) is 4.74 Å². The van der Waals surface area contributed by atoms with Gasteiger partial charge in [-0.1, -0.05) is 0 Å². The number of ether oxygens (including phenoxy) is 2. The number of aliphatic hydroxyl groups is 4. The minimum atomic E-state index is -1.74. The molecular weight excluding hydrogens is 521 g/mol. The Morgan fingerprint density at radius 1 is 1.10 bits per heavy atom. The Labute approximate surface area is 182 Å². The lowest BCUT2D eigenvalue weighted by molar-refractivity contribution is -0.277. The van der Waals surface area contributed by atoms with Crippen LogP contribution in [0.1, 0.15) is 10.4 Å². The molecule has 0 aliphatic carbocycles. The molecule has 1 saturated heterocycles. The number of aliphatic hydroxyl groups excluding tert-OH is 4. The Bertz CT molecular complexity index is 954.